The van der Waals surface area contributed by atoms with E-state index in [4.69, 9.17) is 0 Å². The van der Waals surface area contributed by atoms with E-state index < -0.39 is 0 Å². The van der Waals surface area contributed by atoms with Crippen molar-refractivity contribution in [3.8, 4) is 0 Å². The molecule has 4 heteroatoms. The number of hydrogen-bond acceptors (Lipinski definition) is 2. The summed E-state index contributed by atoms with van der Waals surface area (Å²) in [5.41, 5.74) is 1.37. The zero-order chi connectivity index (χ0) is 13.0. The molecule has 96 valence electrons. The van der Waals surface area contributed by atoms with Crippen LogP contribution >= 0.6 is 0 Å². The first-order valence-corrected chi connectivity index (χ1v) is 6.63. The number of amides is 2. The topological polar surface area (TPSA) is 58.2 Å². The van der Waals surface area contributed by atoms with E-state index in [-0.39, 0.29) is 35.5 Å². The Morgan fingerprint density at radius 3 is 1.79 bits per heavy atom. The molecule has 0 unspecified atom stereocenters. The van der Waals surface area contributed by atoms with Crippen molar-refractivity contribution in [2.75, 3.05) is 10.6 Å². The molecule has 2 N–H and O–H groups in total. The summed E-state index contributed by atoms with van der Waals surface area (Å²) in [5, 5.41) is 5.90. The maximum absolute atomic E-state index is 12.4. The first-order chi connectivity index (χ1) is 9.24. The molecule has 1 fully saturated rings. The predicted molar refractivity (Wildman–Crippen MR) is 71.4 cm³/mol. The third-order valence-electron chi connectivity index (χ3n) is 4.51. The van der Waals surface area contributed by atoms with E-state index in [1.807, 2.05) is 24.3 Å². The number of nitrogens with one attached hydrogen (secondary N) is 2. The van der Waals surface area contributed by atoms with E-state index in [9.17, 15) is 9.59 Å². The second-order valence-corrected chi connectivity index (χ2v) is 5.52. The third-order valence-corrected chi connectivity index (χ3v) is 4.51. The van der Waals surface area contributed by atoms with Crippen LogP contribution in [0.5, 0.6) is 0 Å². The number of fused-ring (bicyclic) bond motifs is 6. The SMILES string of the molecule is O=C1Nc2ccccc2NC(=O)[C@H]2[C@@H]1[C@@H]1C=C[C@H]2C1. The van der Waals surface area contributed by atoms with Crippen LogP contribution in [0.1, 0.15) is 6.42 Å². The first-order valence-electron chi connectivity index (χ1n) is 6.63. The Balaban J connectivity index is 1.80. The van der Waals surface area contributed by atoms with Gasteiger partial charge in [-0.1, -0.05) is 24.3 Å². The summed E-state index contributed by atoms with van der Waals surface area (Å²) in [6, 6.07) is 7.34. The van der Waals surface area contributed by atoms with Crippen LogP contribution in [0.15, 0.2) is 36.4 Å². The van der Waals surface area contributed by atoms with Crippen LogP contribution in [0.3, 0.4) is 0 Å². The van der Waals surface area contributed by atoms with Crippen molar-refractivity contribution in [2.45, 2.75) is 6.42 Å². The average molecular weight is 254 g/mol. The fourth-order valence-corrected chi connectivity index (χ4v) is 3.67. The maximum Gasteiger partial charge on any atom is 0.228 e. The number of hydrogen-bond donors (Lipinski definition) is 2. The zero-order valence-electron chi connectivity index (χ0n) is 10.3. The van der Waals surface area contributed by atoms with Gasteiger partial charge in [0.05, 0.1) is 23.2 Å². The van der Waals surface area contributed by atoms with Crippen LogP contribution in [0.25, 0.3) is 0 Å². The lowest BCUT2D eigenvalue weighted by molar-refractivity contribution is -0.129. The summed E-state index contributed by atoms with van der Waals surface area (Å²) < 4.78 is 0. The molecule has 0 aromatic heterocycles. The van der Waals surface area contributed by atoms with Crippen LogP contribution < -0.4 is 10.6 Å². The minimum Gasteiger partial charge on any atom is -0.324 e. The van der Waals surface area contributed by atoms with Crippen molar-refractivity contribution in [2.24, 2.45) is 23.7 Å². The van der Waals surface area contributed by atoms with Crippen LogP contribution in [0.2, 0.25) is 0 Å². The van der Waals surface area contributed by atoms with Gasteiger partial charge in [0, 0.05) is 0 Å². The fourth-order valence-electron chi connectivity index (χ4n) is 3.67. The van der Waals surface area contributed by atoms with Crippen molar-refractivity contribution in [1.82, 2.24) is 0 Å². The largest absolute Gasteiger partial charge is 0.324 e. The van der Waals surface area contributed by atoms with Crippen molar-refractivity contribution >= 4 is 23.2 Å². The molecular formula is C15H14N2O2. The van der Waals surface area contributed by atoms with Crippen LogP contribution in [0.4, 0.5) is 11.4 Å². The minimum absolute atomic E-state index is 0.0239. The lowest BCUT2D eigenvalue weighted by atomic mass is 9.81. The summed E-state index contributed by atoms with van der Waals surface area (Å²) in [4.78, 5) is 24.8. The van der Waals surface area contributed by atoms with Crippen LogP contribution in [0, 0.1) is 23.7 Å². The minimum atomic E-state index is -0.219. The van der Waals surface area contributed by atoms with Crippen molar-refractivity contribution in [3.05, 3.63) is 36.4 Å². The number of para-hydroxylation sites is 2. The lowest BCUT2D eigenvalue weighted by Gasteiger charge is -2.29. The average Bonchev–Trinajstić information content (AvgIpc) is 2.99. The molecule has 1 aromatic carbocycles. The van der Waals surface area contributed by atoms with Gasteiger partial charge in [-0.25, -0.2) is 0 Å². The molecule has 0 saturated heterocycles. The monoisotopic (exact) mass is 254 g/mol. The Morgan fingerprint density at radius 2 is 1.32 bits per heavy atom. The molecule has 4 rings (SSSR count). The van der Waals surface area contributed by atoms with Crippen molar-refractivity contribution < 1.29 is 9.59 Å². The van der Waals surface area contributed by atoms with E-state index in [1.54, 1.807) is 0 Å². The summed E-state index contributed by atoms with van der Waals surface area (Å²) in [7, 11) is 0. The molecule has 2 bridgehead atoms. The molecule has 2 amide bonds. The third kappa shape index (κ3) is 1.46. The molecule has 19 heavy (non-hydrogen) atoms. The van der Waals surface area contributed by atoms with Crippen LogP contribution in [-0.4, -0.2) is 11.8 Å². The molecule has 0 spiro atoms. The second-order valence-electron chi connectivity index (χ2n) is 5.52. The van der Waals surface area contributed by atoms with Crippen molar-refractivity contribution in [3.63, 3.8) is 0 Å². The molecular weight excluding hydrogens is 240 g/mol. The number of carbonyl (C=O) groups excluding carboxylic acids is 2. The van der Waals surface area contributed by atoms with Gasteiger partial charge in [0.25, 0.3) is 0 Å². The van der Waals surface area contributed by atoms with Gasteiger partial charge >= 0.3 is 0 Å². The molecule has 0 radical (unpaired) electrons. The Labute approximate surface area is 110 Å². The molecule has 4 nitrogen and oxygen atoms in total. The standard InChI is InChI=1S/C15H14N2O2/c18-14-12-8-5-6-9(7-8)13(12)15(19)17-11-4-2-1-3-10(11)16-14/h1-6,8-9,12-13H,7H2,(H,16,18)(H,17,19)/t8-,9+,12+,13-. The van der Waals surface area contributed by atoms with Gasteiger partial charge in [-0.05, 0) is 30.4 Å². The van der Waals surface area contributed by atoms with E-state index >= 15 is 0 Å². The predicted octanol–water partition coefficient (Wildman–Crippen LogP) is 2.02. The van der Waals surface area contributed by atoms with Gasteiger partial charge in [0.2, 0.25) is 11.8 Å². The van der Waals surface area contributed by atoms with Gasteiger partial charge < -0.3 is 10.6 Å². The van der Waals surface area contributed by atoms with Gasteiger partial charge in [-0.3, -0.25) is 9.59 Å². The number of rotatable bonds is 0. The normalized spacial score (nSPS) is 34.9. The van der Waals surface area contributed by atoms with Gasteiger partial charge in [-0.2, -0.15) is 0 Å². The summed E-state index contributed by atoms with van der Waals surface area (Å²) >= 11 is 0. The molecule has 3 aliphatic rings. The highest BCUT2D eigenvalue weighted by Gasteiger charge is 2.52. The zero-order valence-corrected chi connectivity index (χ0v) is 10.3. The van der Waals surface area contributed by atoms with E-state index in [2.05, 4.69) is 22.8 Å². The quantitative estimate of drug-likeness (QED) is 0.696. The Bertz CT molecular complexity index is 557. The van der Waals surface area contributed by atoms with Gasteiger partial charge in [0.15, 0.2) is 0 Å². The number of carbonyl (C=O) groups is 2. The Morgan fingerprint density at radius 1 is 0.842 bits per heavy atom. The highest BCUT2D eigenvalue weighted by atomic mass is 16.2. The molecule has 4 atom stereocenters. The van der Waals surface area contributed by atoms with E-state index in [1.165, 1.54) is 0 Å². The number of benzene rings is 1. The molecule has 1 saturated carbocycles. The number of anilines is 2. The van der Waals surface area contributed by atoms with Crippen LogP contribution in [-0.2, 0) is 9.59 Å². The summed E-state index contributed by atoms with van der Waals surface area (Å²) in [6.45, 7) is 0. The van der Waals surface area contributed by atoms with Crippen molar-refractivity contribution in [1.29, 1.82) is 0 Å². The first kappa shape index (κ1) is 10.8. The van der Waals surface area contributed by atoms with E-state index in [0.717, 1.165) is 6.42 Å². The Kier molecular flexibility index (Phi) is 2.10. The second kappa shape index (κ2) is 3.70. The smallest absolute Gasteiger partial charge is 0.228 e. The lowest BCUT2D eigenvalue weighted by Crippen LogP contribution is -2.41. The highest BCUT2D eigenvalue weighted by Crippen LogP contribution is 2.49. The molecule has 1 aromatic rings. The van der Waals surface area contributed by atoms with E-state index in [0.29, 0.717) is 11.4 Å². The summed E-state index contributed by atoms with van der Waals surface area (Å²) in [6.07, 6.45) is 5.10. The molecule has 1 heterocycles. The van der Waals surface area contributed by atoms with Gasteiger partial charge in [0.1, 0.15) is 0 Å². The number of allylic oxidation sites excluding steroid dienone is 2. The fraction of sp³-hybridized carbons (Fsp3) is 0.333. The van der Waals surface area contributed by atoms with Gasteiger partial charge in [-0.15, -0.1) is 0 Å². The Hall–Kier alpha value is -2.10. The maximum atomic E-state index is 12.4. The highest BCUT2D eigenvalue weighted by molar-refractivity contribution is 6.06. The molecule has 1 aliphatic heterocycles. The summed E-state index contributed by atoms with van der Waals surface area (Å²) in [5.74, 6) is -0.0583. The molecule has 2 aliphatic carbocycles.